The number of aromatic nitrogens is 2. The van der Waals surface area contributed by atoms with Gasteiger partial charge >= 0.3 is 0 Å². The molecular weight excluding hydrogens is 218 g/mol. The van der Waals surface area contributed by atoms with Crippen molar-refractivity contribution in [1.82, 2.24) is 15.5 Å². The van der Waals surface area contributed by atoms with Crippen LogP contribution in [0.4, 0.5) is 0 Å². The molecule has 1 aromatic heterocycles. The monoisotopic (exact) mass is 239 g/mol. The minimum atomic E-state index is 0.667. The average Bonchev–Trinajstić information content (AvgIpc) is 2.63. The minimum absolute atomic E-state index is 0.667. The van der Waals surface area contributed by atoms with Crippen LogP contribution in [0.1, 0.15) is 43.1 Å². The maximum absolute atomic E-state index is 4.15. The molecule has 3 nitrogen and oxygen atoms in total. The van der Waals surface area contributed by atoms with E-state index in [1.165, 1.54) is 19.3 Å². The Morgan fingerprint density at radius 3 is 2.75 bits per heavy atom. The van der Waals surface area contributed by atoms with E-state index in [0.29, 0.717) is 6.04 Å². The Kier molecular flexibility index (Phi) is 3.92. The van der Waals surface area contributed by atoms with E-state index in [2.05, 4.69) is 29.4 Å². The Balaban J connectivity index is 1.81. The SMILES string of the molecule is Cc1nnc(CNC2CCC(C)CC2C)s1. The molecule has 0 amide bonds. The van der Waals surface area contributed by atoms with Crippen LogP contribution in [0.3, 0.4) is 0 Å². The van der Waals surface area contributed by atoms with Gasteiger partial charge in [-0.15, -0.1) is 21.5 Å². The number of hydrogen-bond acceptors (Lipinski definition) is 4. The molecule has 4 heteroatoms. The van der Waals surface area contributed by atoms with Crippen molar-refractivity contribution >= 4 is 11.3 Å². The van der Waals surface area contributed by atoms with E-state index in [4.69, 9.17) is 0 Å². The van der Waals surface area contributed by atoms with E-state index in [1.54, 1.807) is 11.3 Å². The van der Waals surface area contributed by atoms with E-state index >= 15 is 0 Å². The zero-order valence-electron chi connectivity index (χ0n) is 10.4. The summed E-state index contributed by atoms with van der Waals surface area (Å²) in [7, 11) is 0. The summed E-state index contributed by atoms with van der Waals surface area (Å²) in [4.78, 5) is 0. The van der Waals surface area contributed by atoms with Crippen LogP contribution in [0, 0.1) is 18.8 Å². The summed E-state index contributed by atoms with van der Waals surface area (Å²) in [5, 5.41) is 14.0. The molecule has 3 unspecified atom stereocenters. The Hall–Kier alpha value is -0.480. The molecule has 0 radical (unpaired) electrons. The highest BCUT2D eigenvalue weighted by Gasteiger charge is 2.24. The molecule has 16 heavy (non-hydrogen) atoms. The quantitative estimate of drug-likeness (QED) is 0.881. The Morgan fingerprint density at radius 2 is 2.12 bits per heavy atom. The summed E-state index contributed by atoms with van der Waals surface area (Å²) in [5.41, 5.74) is 0. The number of nitrogens with zero attached hydrogens (tertiary/aromatic N) is 2. The molecule has 1 aromatic rings. The van der Waals surface area contributed by atoms with Crippen molar-refractivity contribution in [3.63, 3.8) is 0 Å². The second-order valence-electron chi connectivity index (χ2n) is 5.10. The fraction of sp³-hybridized carbons (Fsp3) is 0.833. The van der Waals surface area contributed by atoms with Gasteiger partial charge in [0.05, 0.1) is 0 Å². The molecule has 1 aliphatic rings. The molecule has 1 heterocycles. The standard InChI is InChI=1S/C12H21N3S/c1-8-4-5-11(9(2)6-8)13-7-12-15-14-10(3)16-12/h8-9,11,13H,4-7H2,1-3H3. The van der Waals surface area contributed by atoms with Gasteiger partial charge in [0.2, 0.25) is 0 Å². The van der Waals surface area contributed by atoms with E-state index in [0.717, 1.165) is 28.4 Å². The Labute approximate surface area is 102 Å². The predicted molar refractivity (Wildman–Crippen MR) is 67.5 cm³/mol. The van der Waals surface area contributed by atoms with Gasteiger partial charge in [0.15, 0.2) is 0 Å². The normalized spacial score (nSPS) is 30.6. The first-order chi connectivity index (χ1) is 7.65. The van der Waals surface area contributed by atoms with Crippen molar-refractivity contribution in [3.05, 3.63) is 10.0 Å². The molecule has 0 bridgehead atoms. The van der Waals surface area contributed by atoms with Crippen LogP contribution in [0.15, 0.2) is 0 Å². The molecule has 1 fully saturated rings. The van der Waals surface area contributed by atoms with Crippen molar-refractivity contribution in [2.24, 2.45) is 11.8 Å². The first-order valence-corrected chi connectivity index (χ1v) is 6.99. The maximum atomic E-state index is 4.15. The summed E-state index contributed by atoms with van der Waals surface area (Å²) in [5.74, 6) is 1.69. The lowest BCUT2D eigenvalue weighted by Crippen LogP contribution is -2.38. The van der Waals surface area contributed by atoms with Gasteiger partial charge in [0, 0.05) is 12.6 Å². The fourth-order valence-corrected chi connectivity index (χ4v) is 3.26. The second-order valence-corrected chi connectivity index (χ2v) is 6.36. The lowest BCUT2D eigenvalue weighted by atomic mass is 9.80. The van der Waals surface area contributed by atoms with Crippen molar-refractivity contribution in [1.29, 1.82) is 0 Å². The molecule has 0 spiro atoms. The van der Waals surface area contributed by atoms with Crippen molar-refractivity contribution in [2.45, 2.75) is 52.6 Å². The third-order valence-electron chi connectivity index (χ3n) is 3.51. The molecule has 1 N–H and O–H groups in total. The summed E-state index contributed by atoms with van der Waals surface area (Å²) in [6.07, 6.45) is 4.02. The van der Waals surface area contributed by atoms with Crippen LogP contribution >= 0.6 is 11.3 Å². The second kappa shape index (κ2) is 5.23. The summed E-state index contributed by atoms with van der Waals surface area (Å²) in [6.45, 7) is 7.61. The zero-order valence-corrected chi connectivity index (χ0v) is 11.2. The summed E-state index contributed by atoms with van der Waals surface area (Å²) < 4.78 is 0. The largest absolute Gasteiger partial charge is 0.307 e. The van der Waals surface area contributed by atoms with E-state index in [1.807, 2.05) is 6.92 Å². The van der Waals surface area contributed by atoms with E-state index in [-0.39, 0.29) is 0 Å². The molecule has 0 aliphatic heterocycles. The van der Waals surface area contributed by atoms with Crippen molar-refractivity contribution in [2.75, 3.05) is 0 Å². The number of rotatable bonds is 3. The molecule has 1 aliphatic carbocycles. The molecular formula is C12H21N3S. The lowest BCUT2D eigenvalue weighted by Gasteiger charge is -2.33. The van der Waals surface area contributed by atoms with Crippen LogP contribution < -0.4 is 5.32 Å². The smallest absolute Gasteiger partial charge is 0.131 e. The Bertz CT molecular complexity index is 337. The molecule has 2 rings (SSSR count). The highest BCUT2D eigenvalue weighted by Crippen LogP contribution is 2.28. The van der Waals surface area contributed by atoms with Crippen LogP contribution in [-0.4, -0.2) is 16.2 Å². The van der Waals surface area contributed by atoms with Crippen molar-refractivity contribution in [3.8, 4) is 0 Å². The highest BCUT2D eigenvalue weighted by atomic mass is 32.1. The predicted octanol–water partition coefficient (Wildman–Crippen LogP) is 2.76. The third-order valence-corrected chi connectivity index (χ3v) is 4.35. The maximum Gasteiger partial charge on any atom is 0.131 e. The van der Waals surface area contributed by atoms with Gasteiger partial charge in [-0.2, -0.15) is 0 Å². The molecule has 90 valence electrons. The zero-order chi connectivity index (χ0) is 11.5. The lowest BCUT2D eigenvalue weighted by molar-refractivity contribution is 0.227. The van der Waals surface area contributed by atoms with Gasteiger partial charge in [-0.3, -0.25) is 0 Å². The van der Waals surface area contributed by atoms with Gasteiger partial charge in [-0.25, -0.2) is 0 Å². The average molecular weight is 239 g/mol. The minimum Gasteiger partial charge on any atom is -0.307 e. The molecule has 0 aromatic carbocycles. The van der Waals surface area contributed by atoms with Crippen LogP contribution in [0.2, 0.25) is 0 Å². The van der Waals surface area contributed by atoms with Crippen molar-refractivity contribution < 1.29 is 0 Å². The third kappa shape index (κ3) is 3.01. The van der Waals surface area contributed by atoms with Crippen LogP contribution in [0.5, 0.6) is 0 Å². The first kappa shape index (κ1) is 12.0. The molecule has 0 saturated heterocycles. The summed E-state index contributed by atoms with van der Waals surface area (Å²) in [6, 6.07) is 0.667. The fourth-order valence-electron chi connectivity index (χ4n) is 2.60. The van der Waals surface area contributed by atoms with E-state index < -0.39 is 0 Å². The van der Waals surface area contributed by atoms with Gasteiger partial charge in [-0.05, 0) is 38.0 Å². The van der Waals surface area contributed by atoms with Crippen LogP contribution in [-0.2, 0) is 6.54 Å². The molecule has 1 saturated carbocycles. The van der Waals surface area contributed by atoms with Gasteiger partial charge in [-0.1, -0.05) is 13.8 Å². The van der Waals surface area contributed by atoms with E-state index in [9.17, 15) is 0 Å². The highest BCUT2D eigenvalue weighted by molar-refractivity contribution is 7.11. The number of nitrogens with one attached hydrogen (secondary N) is 1. The molecule has 3 atom stereocenters. The van der Waals surface area contributed by atoms with Gasteiger partial charge < -0.3 is 5.32 Å². The summed E-state index contributed by atoms with van der Waals surface area (Å²) >= 11 is 1.69. The van der Waals surface area contributed by atoms with Gasteiger partial charge in [0.25, 0.3) is 0 Å². The number of aryl methyl sites for hydroxylation is 1. The first-order valence-electron chi connectivity index (χ1n) is 6.17. The van der Waals surface area contributed by atoms with Crippen LogP contribution in [0.25, 0.3) is 0 Å². The topological polar surface area (TPSA) is 37.8 Å². The van der Waals surface area contributed by atoms with Gasteiger partial charge in [0.1, 0.15) is 10.0 Å². The number of hydrogen-bond donors (Lipinski definition) is 1. The Morgan fingerprint density at radius 1 is 1.31 bits per heavy atom.